The second-order valence-electron chi connectivity index (χ2n) is 9.51. The van der Waals surface area contributed by atoms with Crippen molar-refractivity contribution in [3.8, 4) is 17.1 Å². The molecule has 12 heteroatoms. The Hall–Kier alpha value is -1.80. The number of fused-ring (bicyclic) bond motifs is 1. The van der Waals surface area contributed by atoms with Crippen LogP contribution < -0.4 is 14.8 Å². The van der Waals surface area contributed by atoms with E-state index in [0.717, 1.165) is 5.56 Å². The minimum absolute atomic E-state index is 0.158. The van der Waals surface area contributed by atoms with Gasteiger partial charge in [0.15, 0.2) is 10.8 Å². The molecule has 0 atom stereocenters. The molecule has 1 N–H and O–H groups in total. The second-order valence-corrected chi connectivity index (χ2v) is 20.0. The van der Waals surface area contributed by atoms with Gasteiger partial charge in [-0.15, -0.1) is 0 Å². The quantitative estimate of drug-likeness (QED) is 0.150. The van der Waals surface area contributed by atoms with Crippen molar-refractivity contribution in [3.05, 3.63) is 95.4 Å². The van der Waals surface area contributed by atoms with Gasteiger partial charge in [-0.05, 0) is 33.6 Å². The summed E-state index contributed by atoms with van der Waals surface area (Å²) in [4.78, 5) is 15.9. The Morgan fingerprint density at radius 1 is 0.821 bits per heavy atom. The van der Waals surface area contributed by atoms with Crippen molar-refractivity contribution in [1.29, 1.82) is 0 Å². The van der Waals surface area contributed by atoms with Gasteiger partial charge in [0, 0.05) is 5.56 Å². The van der Waals surface area contributed by atoms with Crippen LogP contribution in [0.5, 0.6) is 5.75 Å². The third kappa shape index (κ3) is 6.75. The zero-order valence-electron chi connectivity index (χ0n) is 21.1. The van der Waals surface area contributed by atoms with Crippen molar-refractivity contribution in [3.63, 3.8) is 0 Å². The minimum atomic E-state index is -2.76. The zero-order valence-corrected chi connectivity index (χ0v) is 27.0. The number of aromatic amines is 1. The zero-order chi connectivity index (χ0) is 28.2. The van der Waals surface area contributed by atoms with Gasteiger partial charge >= 0.3 is 49.8 Å². The molecule has 5 aromatic rings. The predicted octanol–water partition coefficient (Wildman–Crippen LogP) is 8.33. The second kappa shape index (κ2) is 12.8. The van der Waals surface area contributed by atoms with E-state index in [4.69, 9.17) is 57.9 Å². The van der Waals surface area contributed by atoms with E-state index in [0.29, 0.717) is 32.9 Å². The number of aromatic nitrogens is 4. The van der Waals surface area contributed by atoms with E-state index in [-0.39, 0.29) is 5.04 Å². The number of nitrogens with zero attached hydrogens (tertiary/aromatic N) is 3. The molecule has 3 aromatic carbocycles. The van der Waals surface area contributed by atoms with E-state index >= 15 is 0 Å². The Labute approximate surface area is 255 Å². The molecule has 0 fully saturated rings. The molecule has 0 radical (unpaired) electrons. The molecule has 39 heavy (non-hydrogen) atoms. The molecule has 0 amide bonds. The SMILES string of the molecule is CC(C)(C)[Si](Oc1ccc(-c2nc3ncnc(Cl)c3[nH]2)c(Cl)c1)(c1ccccc1)c1ccccc1.[Cl][Fe]([Cl])[Cl]. The fraction of sp³-hybridized carbons (Fsp3) is 0.148. The van der Waals surface area contributed by atoms with Gasteiger partial charge in [-0.2, -0.15) is 0 Å². The topological polar surface area (TPSA) is 63.7 Å². The number of benzene rings is 3. The first-order chi connectivity index (χ1) is 18.5. The Kier molecular flexibility index (Phi) is 9.90. The van der Waals surface area contributed by atoms with Gasteiger partial charge in [0.25, 0.3) is 0 Å². The molecule has 2 heterocycles. The fourth-order valence-electron chi connectivity index (χ4n) is 4.51. The van der Waals surface area contributed by atoms with Gasteiger partial charge in [0.1, 0.15) is 23.4 Å². The number of H-pyrrole nitrogens is 1. The fourth-order valence-corrected chi connectivity index (χ4v) is 9.35. The molecule has 5 nitrogen and oxygen atoms in total. The Morgan fingerprint density at radius 2 is 1.38 bits per heavy atom. The van der Waals surface area contributed by atoms with Crippen LogP contribution in [0.15, 0.2) is 85.2 Å². The number of halogens is 5. The first-order valence-corrected chi connectivity index (χ1v) is 18.9. The average molecular weight is 682 g/mol. The van der Waals surface area contributed by atoms with Crippen LogP contribution in [0.25, 0.3) is 22.6 Å². The summed E-state index contributed by atoms with van der Waals surface area (Å²) in [5.74, 6) is 1.28. The molecule has 0 unspecified atom stereocenters. The molecule has 0 aliphatic carbocycles. The molecule has 0 spiro atoms. The van der Waals surface area contributed by atoms with Crippen LogP contribution in [0.1, 0.15) is 20.8 Å². The third-order valence-corrected chi connectivity index (χ3v) is 11.7. The van der Waals surface area contributed by atoms with Crippen LogP contribution in [-0.2, 0) is 11.2 Å². The summed E-state index contributed by atoms with van der Waals surface area (Å²) in [5, 5.41) is 3.07. The Morgan fingerprint density at radius 3 is 1.87 bits per heavy atom. The van der Waals surface area contributed by atoms with Crippen LogP contribution in [-0.4, -0.2) is 28.3 Å². The summed E-state index contributed by atoms with van der Waals surface area (Å²) in [5.41, 5.74) is 1.80. The summed E-state index contributed by atoms with van der Waals surface area (Å²) in [6.07, 6.45) is 1.39. The molecule has 5 rings (SSSR count). The van der Waals surface area contributed by atoms with Gasteiger partial charge in [0.05, 0.1) is 5.02 Å². The first kappa shape index (κ1) is 30.2. The van der Waals surface area contributed by atoms with E-state index in [9.17, 15) is 0 Å². The van der Waals surface area contributed by atoms with Crippen molar-refractivity contribution < 1.29 is 15.6 Å². The molecular weight excluding hydrogens is 658 g/mol. The first-order valence-electron chi connectivity index (χ1n) is 11.7. The van der Waals surface area contributed by atoms with Crippen molar-refractivity contribution >= 4 is 83.4 Å². The summed E-state index contributed by atoms with van der Waals surface area (Å²) >= 11 is 11.6. The molecule has 2 aromatic heterocycles. The number of imidazole rings is 1. The maximum absolute atomic E-state index is 7.07. The number of hydrogen-bond donors (Lipinski definition) is 1. The predicted molar refractivity (Wildman–Crippen MR) is 163 cm³/mol. The van der Waals surface area contributed by atoms with Crippen molar-refractivity contribution in [2.75, 3.05) is 0 Å². The number of hydrogen-bond acceptors (Lipinski definition) is 4. The molecular formula is C27H24Cl5FeN4OSi. The number of rotatable bonds is 5. The van der Waals surface area contributed by atoms with Crippen LogP contribution in [0.2, 0.25) is 15.2 Å². The van der Waals surface area contributed by atoms with E-state index in [1.54, 1.807) is 0 Å². The Balaban J connectivity index is 0.000000826. The van der Waals surface area contributed by atoms with Crippen molar-refractivity contribution in [1.82, 2.24) is 19.9 Å². The Bertz CT molecular complexity index is 1510. The molecule has 0 aliphatic heterocycles. The average Bonchev–Trinajstić information content (AvgIpc) is 3.33. The summed E-state index contributed by atoms with van der Waals surface area (Å²) in [6, 6.07) is 26.7. The molecule has 205 valence electrons. The van der Waals surface area contributed by atoms with Crippen molar-refractivity contribution in [2.24, 2.45) is 0 Å². The van der Waals surface area contributed by atoms with Crippen LogP contribution >= 0.6 is 53.5 Å². The monoisotopic (exact) mass is 679 g/mol. The van der Waals surface area contributed by atoms with Crippen LogP contribution in [0.3, 0.4) is 0 Å². The summed E-state index contributed by atoms with van der Waals surface area (Å²) < 4.78 is 7.07. The molecule has 0 aliphatic rings. The molecule has 0 saturated carbocycles. The van der Waals surface area contributed by atoms with Gasteiger partial charge in [-0.3, -0.25) is 0 Å². The maximum atomic E-state index is 7.07. The van der Waals surface area contributed by atoms with Crippen molar-refractivity contribution in [2.45, 2.75) is 25.8 Å². The van der Waals surface area contributed by atoms with Gasteiger partial charge in [0.2, 0.25) is 0 Å². The van der Waals surface area contributed by atoms with Crippen LogP contribution in [0.4, 0.5) is 0 Å². The third-order valence-electron chi connectivity index (χ3n) is 6.13. The normalized spacial score (nSPS) is 12.1. The van der Waals surface area contributed by atoms with Gasteiger partial charge in [-0.1, -0.05) is 105 Å². The van der Waals surface area contributed by atoms with E-state index in [2.05, 4.69) is 89.2 Å². The standard InChI is InChI=1S/C27H24Cl2N4OSi.3ClH.Fe/c1-27(2,3)35(19-10-6-4-7-11-19,20-12-8-5-9-13-20)34-18-14-15-21(22(28)16-18)25-32-23-24(29)30-17-31-26(23)33-25;;;;/h4-17H,1-3H3,(H,30,31,32,33);3*1H;/q;;;;+3/p-3. The molecule has 0 saturated heterocycles. The van der Waals surface area contributed by atoms with Gasteiger partial charge in [-0.25, -0.2) is 15.0 Å². The summed E-state index contributed by atoms with van der Waals surface area (Å²) in [7, 11) is 11.9. The summed E-state index contributed by atoms with van der Waals surface area (Å²) in [6.45, 7) is 6.73. The van der Waals surface area contributed by atoms with Gasteiger partial charge < -0.3 is 9.41 Å². The van der Waals surface area contributed by atoms with E-state index in [1.165, 1.54) is 16.7 Å². The molecule has 0 bridgehead atoms. The van der Waals surface area contributed by atoms with E-state index in [1.807, 2.05) is 30.3 Å². The number of nitrogens with one attached hydrogen (secondary N) is 1. The van der Waals surface area contributed by atoms with E-state index < -0.39 is 19.5 Å². The van der Waals surface area contributed by atoms with Crippen LogP contribution in [0, 0.1) is 0 Å².